The number of benzene rings is 1. The molecule has 1 amide bonds. The van der Waals surface area contributed by atoms with Crippen LogP contribution in [0.15, 0.2) is 24.3 Å². The highest BCUT2D eigenvalue weighted by molar-refractivity contribution is 5.84. The van der Waals surface area contributed by atoms with E-state index >= 15 is 0 Å². The largest absolute Gasteiger partial charge is 0.381 e. The summed E-state index contributed by atoms with van der Waals surface area (Å²) >= 11 is 0. The monoisotopic (exact) mass is 288 g/mol. The van der Waals surface area contributed by atoms with E-state index in [9.17, 15) is 4.79 Å². The lowest BCUT2D eigenvalue weighted by molar-refractivity contribution is -0.132. The van der Waals surface area contributed by atoms with E-state index in [0.717, 1.165) is 45.7 Å². The number of carbonyl (C=O) groups excluding carboxylic acids is 1. The van der Waals surface area contributed by atoms with Gasteiger partial charge in [-0.3, -0.25) is 4.79 Å². The predicted molar refractivity (Wildman–Crippen MR) is 82.1 cm³/mol. The lowest BCUT2D eigenvalue weighted by atomic mass is 9.89. The summed E-state index contributed by atoms with van der Waals surface area (Å²) < 4.78 is 5.39. The van der Waals surface area contributed by atoms with Gasteiger partial charge >= 0.3 is 0 Å². The van der Waals surface area contributed by atoms with Crippen LogP contribution in [-0.2, 0) is 16.1 Å². The van der Waals surface area contributed by atoms with Gasteiger partial charge in [0.15, 0.2) is 0 Å². The molecule has 2 aliphatic heterocycles. The topological polar surface area (TPSA) is 41.6 Å². The number of nitrogens with zero attached hydrogens (tertiary/aromatic N) is 1. The van der Waals surface area contributed by atoms with Crippen molar-refractivity contribution in [1.29, 1.82) is 0 Å². The molecule has 0 aromatic heterocycles. The SMILES string of the molecule is CN(CC1CCOCC1)C(=O)C1CNCc2ccccc21. The van der Waals surface area contributed by atoms with Crippen LogP contribution in [0.25, 0.3) is 0 Å². The minimum absolute atomic E-state index is 0.0419. The van der Waals surface area contributed by atoms with E-state index in [-0.39, 0.29) is 11.8 Å². The molecule has 3 rings (SSSR count). The third-order valence-electron chi connectivity index (χ3n) is 4.64. The van der Waals surface area contributed by atoms with Gasteiger partial charge in [0.25, 0.3) is 0 Å². The zero-order chi connectivity index (χ0) is 14.7. The maximum Gasteiger partial charge on any atom is 0.231 e. The fraction of sp³-hybridized carbons (Fsp3) is 0.588. The first kappa shape index (κ1) is 14.5. The van der Waals surface area contributed by atoms with E-state index in [1.54, 1.807) is 0 Å². The lowest BCUT2D eigenvalue weighted by Crippen LogP contribution is -2.42. The van der Waals surface area contributed by atoms with Gasteiger partial charge in [0.05, 0.1) is 5.92 Å². The molecule has 0 spiro atoms. The number of rotatable bonds is 3. The average Bonchev–Trinajstić information content (AvgIpc) is 2.54. The molecule has 0 bridgehead atoms. The second kappa shape index (κ2) is 6.58. The predicted octanol–water partition coefficient (Wildman–Crippen LogP) is 1.76. The van der Waals surface area contributed by atoms with Gasteiger partial charge in [-0.15, -0.1) is 0 Å². The van der Waals surface area contributed by atoms with Crippen LogP contribution in [0.3, 0.4) is 0 Å². The van der Waals surface area contributed by atoms with Crippen molar-refractivity contribution in [3.05, 3.63) is 35.4 Å². The number of hydrogen-bond donors (Lipinski definition) is 1. The third kappa shape index (κ3) is 3.27. The Kier molecular flexibility index (Phi) is 4.56. The van der Waals surface area contributed by atoms with E-state index in [1.807, 2.05) is 24.1 Å². The number of amides is 1. The van der Waals surface area contributed by atoms with Crippen molar-refractivity contribution in [3.8, 4) is 0 Å². The number of fused-ring (bicyclic) bond motifs is 1. The lowest BCUT2D eigenvalue weighted by Gasteiger charge is -2.32. The van der Waals surface area contributed by atoms with Crippen LogP contribution in [0, 0.1) is 5.92 Å². The smallest absolute Gasteiger partial charge is 0.231 e. The van der Waals surface area contributed by atoms with Crippen molar-refractivity contribution >= 4 is 5.91 Å². The van der Waals surface area contributed by atoms with Crippen LogP contribution in [0.5, 0.6) is 0 Å². The Morgan fingerprint density at radius 2 is 2.10 bits per heavy atom. The molecule has 4 nitrogen and oxygen atoms in total. The summed E-state index contributed by atoms with van der Waals surface area (Å²) in [6.45, 7) is 4.12. The van der Waals surface area contributed by atoms with Crippen LogP contribution >= 0.6 is 0 Å². The molecule has 0 radical (unpaired) electrons. The first-order chi connectivity index (χ1) is 10.3. The molecular weight excluding hydrogens is 264 g/mol. The second-order valence-electron chi connectivity index (χ2n) is 6.16. The molecule has 1 unspecified atom stereocenters. The maximum absolute atomic E-state index is 12.8. The van der Waals surface area contributed by atoms with E-state index in [0.29, 0.717) is 5.92 Å². The molecule has 1 N–H and O–H groups in total. The third-order valence-corrected chi connectivity index (χ3v) is 4.64. The molecule has 0 aliphatic carbocycles. The summed E-state index contributed by atoms with van der Waals surface area (Å²) in [7, 11) is 1.94. The number of likely N-dealkylation sites (N-methyl/N-ethyl adjacent to an activating group) is 1. The van der Waals surface area contributed by atoms with Gasteiger partial charge in [0, 0.05) is 39.9 Å². The zero-order valence-electron chi connectivity index (χ0n) is 12.7. The second-order valence-corrected chi connectivity index (χ2v) is 6.16. The molecule has 21 heavy (non-hydrogen) atoms. The van der Waals surface area contributed by atoms with Crippen LogP contribution in [0.2, 0.25) is 0 Å². The Hall–Kier alpha value is -1.39. The summed E-state index contributed by atoms with van der Waals surface area (Å²) in [6, 6.07) is 8.28. The van der Waals surface area contributed by atoms with Crippen LogP contribution < -0.4 is 5.32 Å². The Balaban J connectivity index is 1.67. The summed E-state index contributed by atoms with van der Waals surface area (Å²) in [6.07, 6.45) is 2.13. The minimum atomic E-state index is -0.0419. The van der Waals surface area contributed by atoms with Crippen LogP contribution in [-0.4, -0.2) is 44.2 Å². The summed E-state index contributed by atoms with van der Waals surface area (Å²) in [5.41, 5.74) is 2.45. The number of carbonyl (C=O) groups is 1. The van der Waals surface area contributed by atoms with Crippen molar-refractivity contribution in [3.63, 3.8) is 0 Å². The first-order valence-electron chi connectivity index (χ1n) is 7.87. The van der Waals surface area contributed by atoms with Crippen molar-refractivity contribution < 1.29 is 9.53 Å². The van der Waals surface area contributed by atoms with Gasteiger partial charge in [0.2, 0.25) is 5.91 Å². The van der Waals surface area contributed by atoms with E-state index in [4.69, 9.17) is 4.74 Å². The standard InChI is InChI=1S/C17H24N2O2/c1-19(12-13-6-8-21-9-7-13)17(20)16-11-18-10-14-4-2-3-5-15(14)16/h2-5,13,16,18H,6-12H2,1H3. The average molecular weight is 288 g/mol. The molecule has 1 aromatic rings. The van der Waals surface area contributed by atoms with Gasteiger partial charge in [-0.05, 0) is 29.9 Å². The quantitative estimate of drug-likeness (QED) is 0.921. The van der Waals surface area contributed by atoms with E-state index < -0.39 is 0 Å². The number of nitrogens with one attached hydrogen (secondary N) is 1. The van der Waals surface area contributed by atoms with Crippen LogP contribution in [0.4, 0.5) is 0 Å². The highest BCUT2D eigenvalue weighted by atomic mass is 16.5. The fourth-order valence-electron chi connectivity index (χ4n) is 3.39. The molecule has 1 saturated heterocycles. The fourth-order valence-corrected chi connectivity index (χ4v) is 3.39. The molecular formula is C17H24N2O2. The summed E-state index contributed by atoms with van der Waals surface area (Å²) in [5.74, 6) is 0.778. The normalized spacial score (nSPS) is 22.6. The molecule has 114 valence electrons. The molecule has 2 heterocycles. The van der Waals surface area contributed by atoms with Gasteiger partial charge < -0.3 is 15.0 Å². The Morgan fingerprint density at radius 3 is 2.90 bits per heavy atom. The minimum Gasteiger partial charge on any atom is -0.381 e. The molecule has 1 aromatic carbocycles. The highest BCUT2D eigenvalue weighted by Gasteiger charge is 2.29. The Morgan fingerprint density at radius 1 is 1.33 bits per heavy atom. The Labute approximate surface area is 126 Å². The van der Waals surface area contributed by atoms with Gasteiger partial charge in [-0.25, -0.2) is 0 Å². The van der Waals surface area contributed by atoms with Gasteiger partial charge in [-0.1, -0.05) is 24.3 Å². The first-order valence-corrected chi connectivity index (χ1v) is 7.87. The molecule has 2 aliphatic rings. The maximum atomic E-state index is 12.8. The molecule has 0 saturated carbocycles. The highest BCUT2D eigenvalue weighted by Crippen LogP contribution is 2.26. The number of hydrogen-bond acceptors (Lipinski definition) is 3. The van der Waals surface area contributed by atoms with Crippen LogP contribution in [0.1, 0.15) is 29.9 Å². The van der Waals surface area contributed by atoms with Gasteiger partial charge in [0.1, 0.15) is 0 Å². The van der Waals surface area contributed by atoms with Gasteiger partial charge in [-0.2, -0.15) is 0 Å². The van der Waals surface area contributed by atoms with E-state index in [1.165, 1.54) is 11.1 Å². The van der Waals surface area contributed by atoms with Crippen molar-refractivity contribution in [2.24, 2.45) is 5.92 Å². The van der Waals surface area contributed by atoms with Crippen molar-refractivity contribution in [1.82, 2.24) is 10.2 Å². The summed E-state index contributed by atoms with van der Waals surface area (Å²) in [4.78, 5) is 14.7. The molecule has 4 heteroatoms. The summed E-state index contributed by atoms with van der Waals surface area (Å²) in [5, 5.41) is 3.36. The molecule has 1 fully saturated rings. The van der Waals surface area contributed by atoms with E-state index in [2.05, 4.69) is 17.4 Å². The zero-order valence-corrected chi connectivity index (χ0v) is 12.7. The Bertz CT molecular complexity index is 497. The molecule has 1 atom stereocenters. The van der Waals surface area contributed by atoms with Crippen molar-refractivity contribution in [2.45, 2.75) is 25.3 Å². The number of ether oxygens (including phenoxy) is 1. The van der Waals surface area contributed by atoms with Crippen molar-refractivity contribution in [2.75, 3.05) is 33.4 Å².